The van der Waals surface area contributed by atoms with Crippen LogP contribution >= 0.6 is 11.8 Å². The SMILES string of the molecule is CCOC(=O)c1oc2ccccc2c1CSc1nnc(-c2ccc(OC)c(OC)c2)o1. The average Bonchev–Trinajstić information content (AvgIpc) is 3.42. The Morgan fingerprint density at radius 2 is 1.84 bits per heavy atom. The van der Waals surface area contributed by atoms with Crippen LogP contribution in [0.15, 0.2) is 56.5 Å². The number of carbonyl (C=O) groups excluding carboxylic acids is 1. The van der Waals surface area contributed by atoms with Crippen molar-refractivity contribution in [2.75, 3.05) is 20.8 Å². The van der Waals surface area contributed by atoms with Gasteiger partial charge in [0.1, 0.15) is 5.58 Å². The number of nitrogens with zero attached hydrogens (tertiary/aromatic N) is 2. The van der Waals surface area contributed by atoms with E-state index in [1.807, 2.05) is 30.3 Å². The van der Waals surface area contributed by atoms with E-state index in [0.29, 0.717) is 39.5 Å². The summed E-state index contributed by atoms with van der Waals surface area (Å²) in [5, 5.41) is 9.44. The fourth-order valence-corrected chi connectivity index (χ4v) is 3.88. The summed E-state index contributed by atoms with van der Waals surface area (Å²) in [6, 6.07) is 12.8. The van der Waals surface area contributed by atoms with Crippen LogP contribution in [0.5, 0.6) is 11.5 Å². The van der Waals surface area contributed by atoms with Crippen LogP contribution in [0.3, 0.4) is 0 Å². The molecule has 0 saturated carbocycles. The number of hydrogen-bond donors (Lipinski definition) is 0. The number of aromatic nitrogens is 2. The van der Waals surface area contributed by atoms with Crippen LogP contribution in [0.4, 0.5) is 0 Å². The first-order valence-corrected chi connectivity index (χ1v) is 10.5. The van der Waals surface area contributed by atoms with Crippen molar-refractivity contribution >= 4 is 28.7 Å². The Morgan fingerprint density at radius 3 is 2.61 bits per heavy atom. The van der Waals surface area contributed by atoms with Gasteiger partial charge >= 0.3 is 5.97 Å². The number of thioether (sulfide) groups is 1. The monoisotopic (exact) mass is 440 g/mol. The number of fused-ring (bicyclic) bond motifs is 1. The Balaban J connectivity index is 1.57. The summed E-state index contributed by atoms with van der Waals surface area (Å²) in [5.41, 5.74) is 2.06. The van der Waals surface area contributed by atoms with Gasteiger partial charge in [0, 0.05) is 22.3 Å². The largest absolute Gasteiger partial charge is 0.493 e. The highest BCUT2D eigenvalue weighted by atomic mass is 32.2. The van der Waals surface area contributed by atoms with E-state index in [2.05, 4.69) is 10.2 Å². The summed E-state index contributed by atoms with van der Waals surface area (Å²) in [6.07, 6.45) is 0. The molecule has 2 heterocycles. The Kier molecular flexibility index (Phi) is 6.13. The van der Waals surface area contributed by atoms with Gasteiger partial charge in [0.15, 0.2) is 11.5 Å². The molecule has 8 nitrogen and oxygen atoms in total. The van der Waals surface area contributed by atoms with Crippen molar-refractivity contribution in [3.63, 3.8) is 0 Å². The zero-order valence-electron chi connectivity index (χ0n) is 17.2. The van der Waals surface area contributed by atoms with Crippen LogP contribution in [-0.2, 0) is 10.5 Å². The second-order valence-corrected chi connectivity index (χ2v) is 7.28. The summed E-state index contributed by atoms with van der Waals surface area (Å²) in [4.78, 5) is 12.3. The minimum atomic E-state index is -0.495. The summed E-state index contributed by atoms with van der Waals surface area (Å²) < 4.78 is 27.3. The molecule has 0 aliphatic rings. The summed E-state index contributed by atoms with van der Waals surface area (Å²) in [7, 11) is 3.14. The number of ether oxygens (including phenoxy) is 3. The number of furan rings is 1. The third-order valence-electron chi connectivity index (χ3n) is 4.54. The Morgan fingerprint density at radius 1 is 1.03 bits per heavy atom. The van der Waals surface area contributed by atoms with E-state index >= 15 is 0 Å². The summed E-state index contributed by atoms with van der Waals surface area (Å²) in [6.45, 7) is 2.02. The maximum Gasteiger partial charge on any atom is 0.374 e. The van der Waals surface area contributed by atoms with Crippen LogP contribution in [0, 0.1) is 0 Å². The fourth-order valence-electron chi connectivity index (χ4n) is 3.09. The van der Waals surface area contributed by atoms with Crippen molar-refractivity contribution < 1.29 is 27.8 Å². The lowest BCUT2D eigenvalue weighted by molar-refractivity contribution is 0.0491. The molecule has 160 valence electrons. The van der Waals surface area contributed by atoms with E-state index in [0.717, 1.165) is 10.9 Å². The van der Waals surface area contributed by atoms with Gasteiger partial charge in [0.2, 0.25) is 11.7 Å². The molecule has 0 spiro atoms. The molecule has 0 bridgehead atoms. The van der Waals surface area contributed by atoms with Gasteiger partial charge in [-0.2, -0.15) is 0 Å². The van der Waals surface area contributed by atoms with Crippen molar-refractivity contribution in [1.82, 2.24) is 10.2 Å². The highest BCUT2D eigenvalue weighted by Crippen LogP contribution is 2.35. The number of methoxy groups -OCH3 is 2. The van der Waals surface area contributed by atoms with Crippen molar-refractivity contribution in [3.8, 4) is 23.0 Å². The third kappa shape index (κ3) is 4.22. The van der Waals surface area contributed by atoms with Gasteiger partial charge in [-0.1, -0.05) is 30.0 Å². The maximum absolute atomic E-state index is 12.3. The zero-order valence-corrected chi connectivity index (χ0v) is 18.0. The molecule has 9 heteroatoms. The number of rotatable bonds is 8. The molecular weight excluding hydrogens is 420 g/mol. The molecule has 2 aromatic heterocycles. The number of esters is 1. The normalized spacial score (nSPS) is 10.9. The number of hydrogen-bond acceptors (Lipinski definition) is 9. The Hall–Kier alpha value is -3.46. The van der Waals surface area contributed by atoms with Gasteiger partial charge in [-0.15, -0.1) is 10.2 Å². The number of carbonyl (C=O) groups is 1. The van der Waals surface area contributed by atoms with Gasteiger partial charge in [0.25, 0.3) is 5.22 Å². The van der Waals surface area contributed by atoms with Crippen molar-refractivity contribution in [2.45, 2.75) is 17.9 Å². The molecule has 4 rings (SSSR count). The fraction of sp³-hybridized carbons (Fsp3) is 0.227. The third-order valence-corrected chi connectivity index (χ3v) is 5.38. The zero-order chi connectivity index (χ0) is 21.8. The molecule has 0 saturated heterocycles. The summed E-state index contributed by atoms with van der Waals surface area (Å²) >= 11 is 1.31. The maximum atomic E-state index is 12.3. The van der Waals surface area contributed by atoms with Crippen LogP contribution in [-0.4, -0.2) is 37.0 Å². The standard InChI is InChI=1S/C22H20N2O6S/c1-4-28-21(25)19-15(14-7-5-6-8-16(14)29-19)12-31-22-24-23-20(30-22)13-9-10-17(26-2)18(11-13)27-3/h5-11H,4,12H2,1-3H3. The van der Waals surface area contributed by atoms with Gasteiger partial charge in [-0.25, -0.2) is 4.79 Å². The number of benzene rings is 2. The molecule has 0 fully saturated rings. The Bertz CT molecular complexity index is 1220. The molecule has 2 aromatic carbocycles. The first-order chi connectivity index (χ1) is 15.1. The minimum Gasteiger partial charge on any atom is -0.493 e. The molecule has 0 aliphatic heterocycles. The van der Waals surface area contributed by atoms with E-state index in [-0.39, 0.29) is 12.4 Å². The van der Waals surface area contributed by atoms with E-state index < -0.39 is 5.97 Å². The lowest BCUT2D eigenvalue weighted by Gasteiger charge is -2.07. The smallest absolute Gasteiger partial charge is 0.374 e. The van der Waals surface area contributed by atoms with Gasteiger partial charge in [-0.3, -0.25) is 0 Å². The number of para-hydroxylation sites is 1. The van der Waals surface area contributed by atoms with E-state index in [1.165, 1.54) is 11.8 Å². The lowest BCUT2D eigenvalue weighted by Crippen LogP contribution is -2.05. The minimum absolute atomic E-state index is 0.190. The highest BCUT2D eigenvalue weighted by molar-refractivity contribution is 7.98. The van der Waals surface area contributed by atoms with Crippen LogP contribution in [0.1, 0.15) is 23.0 Å². The second-order valence-electron chi connectivity index (χ2n) is 6.36. The van der Waals surface area contributed by atoms with Gasteiger partial charge in [0.05, 0.1) is 20.8 Å². The van der Waals surface area contributed by atoms with E-state index in [9.17, 15) is 4.79 Å². The highest BCUT2D eigenvalue weighted by Gasteiger charge is 2.22. The molecule has 0 radical (unpaired) electrons. The van der Waals surface area contributed by atoms with Crippen LogP contribution in [0.25, 0.3) is 22.4 Å². The first kappa shape index (κ1) is 20.8. The van der Waals surface area contributed by atoms with E-state index in [1.54, 1.807) is 33.3 Å². The predicted molar refractivity (Wildman–Crippen MR) is 115 cm³/mol. The quantitative estimate of drug-likeness (QED) is 0.278. The van der Waals surface area contributed by atoms with Crippen molar-refractivity contribution in [1.29, 1.82) is 0 Å². The molecule has 0 atom stereocenters. The van der Waals surface area contributed by atoms with Crippen molar-refractivity contribution in [2.24, 2.45) is 0 Å². The topological polar surface area (TPSA) is 96.8 Å². The molecule has 31 heavy (non-hydrogen) atoms. The van der Waals surface area contributed by atoms with E-state index in [4.69, 9.17) is 23.0 Å². The van der Waals surface area contributed by atoms with Gasteiger partial charge in [-0.05, 0) is 31.2 Å². The van der Waals surface area contributed by atoms with Crippen LogP contribution in [0.2, 0.25) is 0 Å². The molecular formula is C22H20N2O6S. The molecule has 0 N–H and O–H groups in total. The summed E-state index contributed by atoms with van der Waals surface area (Å²) in [5.74, 6) is 1.63. The molecule has 0 aliphatic carbocycles. The first-order valence-electron chi connectivity index (χ1n) is 9.50. The second kappa shape index (κ2) is 9.13. The van der Waals surface area contributed by atoms with Crippen molar-refractivity contribution in [3.05, 3.63) is 53.8 Å². The van der Waals surface area contributed by atoms with Gasteiger partial charge < -0.3 is 23.0 Å². The molecule has 4 aromatic rings. The molecule has 0 unspecified atom stereocenters. The lowest BCUT2D eigenvalue weighted by atomic mass is 10.1. The van der Waals surface area contributed by atoms with Crippen LogP contribution < -0.4 is 9.47 Å². The average molecular weight is 440 g/mol. The molecule has 0 amide bonds. The Labute approximate surface area is 182 Å². The predicted octanol–water partition coefficient (Wildman–Crippen LogP) is 4.97.